The number of carbonyl (C=O) groups is 2. The van der Waals surface area contributed by atoms with Gasteiger partial charge >= 0.3 is 0 Å². The number of fused-ring (bicyclic) bond motifs is 5. The summed E-state index contributed by atoms with van der Waals surface area (Å²) in [5.74, 6) is 3.05. The maximum absolute atomic E-state index is 12.7. The van der Waals surface area contributed by atoms with E-state index in [1.165, 1.54) is 5.70 Å². The van der Waals surface area contributed by atoms with Crippen molar-refractivity contribution in [3.8, 4) is 0 Å². The number of hydrogen-bond acceptors (Lipinski definition) is 2. The zero-order valence-corrected chi connectivity index (χ0v) is 14.7. The third-order valence-corrected chi connectivity index (χ3v) is 7.98. The fourth-order valence-electron chi connectivity index (χ4n) is 6.64. The van der Waals surface area contributed by atoms with Crippen molar-refractivity contribution in [3.05, 3.63) is 11.8 Å². The molecular weight excluding hydrogens is 286 g/mol. The largest absolute Gasteiger partial charge is 0.330 e. The van der Waals surface area contributed by atoms with Crippen LogP contribution in [0.25, 0.3) is 0 Å². The van der Waals surface area contributed by atoms with Gasteiger partial charge in [-0.2, -0.15) is 0 Å². The highest BCUT2D eigenvalue weighted by molar-refractivity contribution is 5.87. The van der Waals surface area contributed by atoms with Crippen LogP contribution in [0.3, 0.4) is 0 Å². The fraction of sp³-hybridized carbons (Fsp3) is 0.800. The molecule has 6 atom stereocenters. The highest BCUT2D eigenvalue weighted by Crippen LogP contribution is 2.64. The molecule has 0 bridgehead atoms. The lowest BCUT2D eigenvalue weighted by Gasteiger charge is -2.56. The topological polar surface area (TPSA) is 46.2 Å². The van der Waals surface area contributed by atoms with E-state index < -0.39 is 0 Å². The summed E-state index contributed by atoms with van der Waals surface area (Å²) in [4.78, 5) is 24.5. The molecule has 0 spiro atoms. The van der Waals surface area contributed by atoms with Gasteiger partial charge in [-0.25, -0.2) is 0 Å². The van der Waals surface area contributed by atoms with Crippen LogP contribution in [0.5, 0.6) is 0 Å². The Balaban J connectivity index is 1.73. The summed E-state index contributed by atoms with van der Waals surface area (Å²) in [6.07, 6.45) is 9.06. The summed E-state index contributed by atoms with van der Waals surface area (Å²) < 4.78 is 0. The normalized spacial score (nSPS) is 48.9. The molecule has 1 heterocycles. The Morgan fingerprint density at radius 2 is 2.00 bits per heavy atom. The first kappa shape index (κ1) is 15.4. The monoisotopic (exact) mass is 315 g/mol. The van der Waals surface area contributed by atoms with Crippen LogP contribution in [0, 0.1) is 34.5 Å². The minimum Gasteiger partial charge on any atom is -0.330 e. The minimum atomic E-state index is -0.0819. The van der Waals surface area contributed by atoms with E-state index in [2.05, 4.69) is 32.2 Å². The molecule has 1 N–H and O–H groups in total. The number of amides is 1. The van der Waals surface area contributed by atoms with Crippen LogP contribution in [0.4, 0.5) is 0 Å². The van der Waals surface area contributed by atoms with E-state index in [9.17, 15) is 9.59 Å². The molecule has 3 fully saturated rings. The standard InChI is InChI=1S/C20H29NO2/c1-4-12-11-16(22)20(3)9-7-14-13(18(12)20)5-6-15-19(14,2)10-8-17(23)21-15/h6,12-14,18H,4-5,7-11H2,1-3H3,(H,21,23)/t12-,13-,14+,18+,19-,20-/m1/s1. The van der Waals surface area contributed by atoms with Crippen molar-refractivity contribution >= 4 is 11.7 Å². The number of allylic oxidation sites excluding steroid dienone is 2. The van der Waals surface area contributed by atoms with E-state index in [1.54, 1.807) is 0 Å². The maximum atomic E-state index is 12.7. The summed E-state index contributed by atoms with van der Waals surface area (Å²) in [6, 6.07) is 0. The van der Waals surface area contributed by atoms with Gasteiger partial charge in [0.15, 0.2) is 0 Å². The van der Waals surface area contributed by atoms with Gasteiger partial charge in [-0.05, 0) is 49.4 Å². The van der Waals surface area contributed by atoms with Crippen LogP contribution < -0.4 is 5.32 Å². The predicted molar refractivity (Wildman–Crippen MR) is 89.4 cm³/mol. The first-order valence-corrected chi connectivity index (χ1v) is 9.44. The SMILES string of the molecule is CC[C@@H]1CC(=O)[C@@]2(C)CC[C@H]3[C@@H](CC=C4NC(=O)CC[C@@]43C)[C@H]12. The Bertz CT molecular complexity index is 594. The van der Waals surface area contributed by atoms with E-state index in [0.717, 1.165) is 38.5 Å². The van der Waals surface area contributed by atoms with Gasteiger partial charge in [0.25, 0.3) is 0 Å². The van der Waals surface area contributed by atoms with Gasteiger partial charge in [-0.15, -0.1) is 0 Å². The van der Waals surface area contributed by atoms with Crippen molar-refractivity contribution in [2.45, 2.75) is 65.7 Å². The molecule has 0 radical (unpaired) electrons. The van der Waals surface area contributed by atoms with Crippen molar-refractivity contribution in [3.63, 3.8) is 0 Å². The molecule has 0 unspecified atom stereocenters. The van der Waals surface area contributed by atoms with E-state index in [-0.39, 0.29) is 16.7 Å². The third-order valence-electron chi connectivity index (χ3n) is 7.98. The Labute approximate surface area is 139 Å². The number of piperidine rings is 1. The number of nitrogens with one attached hydrogen (secondary N) is 1. The van der Waals surface area contributed by atoms with Crippen LogP contribution in [-0.2, 0) is 9.59 Å². The van der Waals surface area contributed by atoms with Gasteiger partial charge in [-0.1, -0.05) is 33.3 Å². The fourth-order valence-corrected chi connectivity index (χ4v) is 6.64. The van der Waals surface area contributed by atoms with Crippen LogP contribution in [0.15, 0.2) is 11.8 Å². The van der Waals surface area contributed by atoms with Gasteiger partial charge < -0.3 is 5.32 Å². The summed E-state index contributed by atoms with van der Waals surface area (Å²) in [5.41, 5.74) is 1.21. The zero-order chi connectivity index (χ0) is 16.4. The lowest BCUT2D eigenvalue weighted by atomic mass is 9.49. The van der Waals surface area contributed by atoms with E-state index in [4.69, 9.17) is 0 Å². The Hall–Kier alpha value is -1.12. The van der Waals surface area contributed by atoms with Gasteiger partial charge in [0.05, 0.1) is 0 Å². The quantitative estimate of drug-likeness (QED) is 0.799. The van der Waals surface area contributed by atoms with E-state index >= 15 is 0 Å². The summed E-state index contributed by atoms with van der Waals surface area (Å²) in [5, 5.41) is 3.15. The third kappa shape index (κ3) is 1.94. The average molecular weight is 315 g/mol. The average Bonchev–Trinajstić information content (AvgIpc) is 2.79. The lowest BCUT2D eigenvalue weighted by Crippen LogP contribution is -2.54. The van der Waals surface area contributed by atoms with Crippen molar-refractivity contribution in [1.82, 2.24) is 5.32 Å². The Morgan fingerprint density at radius 3 is 2.74 bits per heavy atom. The first-order valence-electron chi connectivity index (χ1n) is 9.44. The molecule has 0 aromatic rings. The van der Waals surface area contributed by atoms with Crippen LogP contribution in [0.2, 0.25) is 0 Å². The molecule has 1 aliphatic heterocycles. The molecule has 0 aromatic heterocycles. The molecule has 3 heteroatoms. The summed E-state index contributed by atoms with van der Waals surface area (Å²) >= 11 is 0. The Morgan fingerprint density at radius 1 is 1.22 bits per heavy atom. The van der Waals surface area contributed by atoms with Gasteiger partial charge in [0, 0.05) is 29.4 Å². The predicted octanol–water partition coefficient (Wildman–Crippen LogP) is 3.84. The smallest absolute Gasteiger partial charge is 0.224 e. The van der Waals surface area contributed by atoms with Crippen LogP contribution >= 0.6 is 0 Å². The van der Waals surface area contributed by atoms with E-state index in [0.29, 0.717) is 35.9 Å². The minimum absolute atomic E-state index is 0.0819. The van der Waals surface area contributed by atoms with Crippen molar-refractivity contribution < 1.29 is 9.59 Å². The number of Topliss-reactive ketones (excluding diaryl/α,β-unsaturated/α-hetero) is 1. The summed E-state index contributed by atoms with van der Waals surface area (Å²) in [7, 11) is 0. The van der Waals surface area contributed by atoms with Crippen molar-refractivity contribution in [1.29, 1.82) is 0 Å². The van der Waals surface area contributed by atoms with Gasteiger partial charge in [0.2, 0.25) is 5.91 Å². The molecule has 1 amide bonds. The molecule has 4 aliphatic rings. The second-order valence-corrected chi connectivity index (χ2v) is 8.87. The first-order chi connectivity index (χ1) is 10.9. The van der Waals surface area contributed by atoms with Crippen molar-refractivity contribution in [2.75, 3.05) is 0 Å². The second-order valence-electron chi connectivity index (χ2n) is 8.87. The van der Waals surface area contributed by atoms with Gasteiger partial charge in [-0.3, -0.25) is 9.59 Å². The number of carbonyl (C=O) groups excluding carboxylic acids is 2. The van der Waals surface area contributed by atoms with Gasteiger partial charge in [0.1, 0.15) is 5.78 Å². The lowest BCUT2D eigenvalue weighted by molar-refractivity contribution is -0.133. The maximum Gasteiger partial charge on any atom is 0.224 e. The molecule has 4 rings (SSSR count). The highest BCUT2D eigenvalue weighted by atomic mass is 16.1. The molecule has 3 nitrogen and oxygen atoms in total. The van der Waals surface area contributed by atoms with E-state index in [1.807, 2.05) is 0 Å². The zero-order valence-electron chi connectivity index (χ0n) is 14.7. The molecule has 23 heavy (non-hydrogen) atoms. The molecule has 1 saturated heterocycles. The number of rotatable bonds is 1. The highest BCUT2D eigenvalue weighted by Gasteiger charge is 2.61. The van der Waals surface area contributed by atoms with Crippen molar-refractivity contribution in [2.24, 2.45) is 34.5 Å². The number of ketones is 1. The Kier molecular flexibility index (Phi) is 3.31. The number of hydrogen-bond donors (Lipinski definition) is 1. The molecule has 2 saturated carbocycles. The van der Waals surface area contributed by atoms with Crippen LogP contribution in [0.1, 0.15) is 65.7 Å². The second kappa shape index (κ2) is 4.94. The molecular formula is C20H29NO2. The summed E-state index contributed by atoms with van der Waals surface area (Å²) in [6.45, 7) is 6.85. The molecule has 0 aromatic carbocycles. The van der Waals surface area contributed by atoms with Crippen LogP contribution in [-0.4, -0.2) is 11.7 Å². The molecule has 126 valence electrons. The molecule has 3 aliphatic carbocycles.